The number of carbonyl (C=O) groups excluding carboxylic acids is 1. The Morgan fingerprint density at radius 2 is 2.10 bits per heavy atom. The number of fused-ring (bicyclic) bond motifs is 1. The molecular weight excluding hydrogens is 424 g/mol. The van der Waals surface area contributed by atoms with Crippen LogP contribution in [0, 0.1) is 6.92 Å². The molecule has 0 unspecified atom stereocenters. The van der Waals surface area contributed by atoms with Crippen LogP contribution >= 0.6 is 11.3 Å². The van der Waals surface area contributed by atoms with Crippen molar-refractivity contribution in [3.63, 3.8) is 0 Å². The Kier molecular flexibility index (Phi) is 5.54. The summed E-state index contributed by atoms with van der Waals surface area (Å²) >= 11 is 1.28. The van der Waals surface area contributed by atoms with Crippen molar-refractivity contribution < 1.29 is 17.9 Å². The van der Waals surface area contributed by atoms with E-state index in [0.717, 1.165) is 16.1 Å². The van der Waals surface area contributed by atoms with E-state index in [1.165, 1.54) is 22.8 Å². The van der Waals surface area contributed by atoms with Crippen molar-refractivity contribution in [3.05, 3.63) is 64.4 Å². The molecule has 0 radical (unpaired) electrons. The van der Waals surface area contributed by atoms with Gasteiger partial charge in [0.15, 0.2) is 5.13 Å². The summed E-state index contributed by atoms with van der Waals surface area (Å²) in [6, 6.07) is 10.2. The van der Waals surface area contributed by atoms with Gasteiger partial charge in [-0.3, -0.25) is 15.1 Å². The maximum atomic E-state index is 13.3. The fourth-order valence-electron chi connectivity index (χ4n) is 3.21. The van der Waals surface area contributed by atoms with Gasteiger partial charge >= 0.3 is 0 Å². The first-order chi connectivity index (χ1) is 14.4. The monoisotopic (exact) mass is 444 g/mol. The highest BCUT2D eigenvalue weighted by Crippen LogP contribution is 2.34. The number of sulfonamides is 1. The number of aromatic nitrogens is 2. The Balaban J connectivity index is 1.56. The molecule has 3 aromatic rings. The van der Waals surface area contributed by atoms with E-state index in [4.69, 9.17) is 4.74 Å². The molecule has 10 heteroatoms. The molecule has 1 amide bonds. The second kappa shape index (κ2) is 8.13. The first-order valence-corrected chi connectivity index (χ1v) is 11.5. The van der Waals surface area contributed by atoms with Gasteiger partial charge in [-0.25, -0.2) is 13.4 Å². The van der Waals surface area contributed by atoms with Gasteiger partial charge in [0.05, 0.1) is 19.3 Å². The fourth-order valence-corrected chi connectivity index (χ4v) is 5.96. The van der Waals surface area contributed by atoms with Crippen molar-refractivity contribution in [1.29, 1.82) is 0 Å². The second-order valence-electron chi connectivity index (χ2n) is 6.80. The van der Waals surface area contributed by atoms with Crippen molar-refractivity contribution >= 4 is 32.4 Å². The van der Waals surface area contributed by atoms with E-state index in [2.05, 4.69) is 15.3 Å². The molecule has 0 aliphatic carbocycles. The Bertz CT molecular complexity index is 1190. The number of thiazole rings is 1. The van der Waals surface area contributed by atoms with E-state index >= 15 is 0 Å². The molecular formula is C20H20N4O4S2. The predicted molar refractivity (Wildman–Crippen MR) is 113 cm³/mol. The topological polar surface area (TPSA) is 101 Å². The van der Waals surface area contributed by atoms with E-state index in [-0.39, 0.29) is 17.3 Å². The maximum Gasteiger partial charge on any atom is 0.276 e. The van der Waals surface area contributed by atoms with Crippen LogP contribution in [0.5, 0.6) is 5.75 Å². The number of carbonyl (C=O) groups is 1. The molecule has 0 fully saturated rings. The number of aryl methyl sites for hydroxylation is 1. The Hall–Kier alpha value is -2.82. The summed E-state index contributed by atoms with van der Waals surface area (Å²) in [5.41, 5.74) is 1.93. The van der Waals surface area contributed by atoms with Crippen LogP contribution in [0.25, 0.3) is 0 Å². The summed E-state index contributed by atoms with van der Waals surface area (Å²) in [6.07, 6.45) is 2.02. The van der Waals surface area contributed by atoms with Crippen molar-refractivity contribution in [1.82, 2.24) is 14.3 Å². The number of rotatable bonds is 5. The van der Waals surface area contributed by atoms with Gasteiger partial charge in [-0.15, -0.1) is 11.3 Å². The van der Waals surface area contributed by atoms with E-state index in [1.54, 1.807) is 36.5 Å². The first kappa shape index (κ1) is 20.5. The lowest BCUT2D eigenvalue weighted by molar-refractivity contribution is 0.102. The number of nitrogens with one attached hydrogen (secondary N) is 1. The first-order valence-electron chi connectivity index (χ1n) is 9.24. The number of ether oxygens (including phenoxy) is 1. The predicted octanol–water partition coefficient (Wildman–Crippen LogP) is 2.85. The normalized spacial score (nSPS) is 14.2. The lowest BCUT2D eigenvalue weighted by Gasteiger charge is -2.26. The van der Waals surface area contributed by atoms with Gasteiger partial charge < -0.3 is 4.74 Å². The summed E-state index contributed by atoms with van der Waals surface area (Å²) in [5.74, 6) is -0.0327. The van der Waals surface area contributed by atoms with Gasteiger partial charge in [-0.2, -0.15) is 4.31 Å². The van der Waals surface area contributed by atoms with Gasteiger partial charge in [0.1, 0.15) is 16.3 Å². The smallest absolute Gasteiger partial charge is 0.276 e. The third-order valence-corrected chi connectivity index (χ3v) is 7.62. The molecule has 1 aromatic carbocycles. The SMILES string of the molecule is COc1ccc(C)cc1S(=O)(=O)N1CCc2nc(NC(=O)c3ccccn3)sc2C1. The zero-order valence-corrected chi connectivity index (χ0v) is 18.1. The van der Waals surface area contributed by atoms with Crippen LogP contribution in [-0.2, 0) is 23.0 Å². The minimum atomic E-state index is -3.74. The average molecular weight is 445 g/mol. The summed E-state index contributed by atoms with van der Waals surface area (Å²) in [4.78, 5) is 21.8. The van der Waals surface area contributed by atoms with Crippen LogP contribution in [0.4, 0.5) is 5.13 Å². The molecule has 0 bridgehead atoms. The molecule has 1 aliphatic heterocycles. The number of nitrogens with zero attached hydrogens (tertiary/aromatic N) is 3. The van der Waals surface area contributed by atoms with Crippen molar-refractivity contribution in [2.45, 2.75) is 24.8 Å². The zero-order chi connectivity index (χ0) is 21.3. The summed E-state index contributed by atoms with van der Waals surface area (Å²) < 4.78 is 33.2. The number of methoxy groups -OCH3 is 1. The minimum absolute atomic E-state index is 0.154. The van der Waals surface area contributed by atoms with Crippen LogP contribution < -0.4 is 10.1 Å². The molecule has 0 spiro atoms. The molecule has 0 saturated heterocycles. The largest absolute Gasteiger partial charge is 0.495 e. The number of hydrogen-bond donors (Lipinski definition) is 1. The van der Waals surface area contributed by atoms with Crippen LogP contribution in [0.2, 0.25) is 0 Å². The fraction of sp³-hybridized carbons (Fsp3) is 0.250. The Morgan fingerprint density at radius 1 is 1.27 bits per heavy atom. The number of pyridine rings is 1. The van der Waals surface area contributed by atoms with E-state index in [0.29, 0.717) is 29.5 Å². The van der Waals surface area contributed by atoms with Gasteiger partial charge in [0.2, 0.25) is 10.0 Å². The van der Waals surface area contributed by atoms with Crippen LogP contribution in [-0.4, -0.2) is 42.3 Å². The van der Waals surface area contributed by atoms with Crippen molar-refractivity contribution in [2.75, 3.05) is 19.0 Å². The highest BCUT2D eigenvalue weighted by atomic mass is 32.2. The molecule has 1 aliphatic rings. The van der Waals surface area contributed by atoms with E-state index in [1.807, 2.05) is 13.0 Å². The standard InChI is InChI=1S/C20H20N4O4S2/c1-13-6-7-16(28-2)18(11-13)30(26,27)24-10-8-14-17(12-24)29-20(22-14)23-19(25)15-5-3-4-9-21-15/h3-7,9,11H,8,10,12H2,1-2H3,(H,22,23,25). The van der Waals surface area contributed by atoms with Crippen molar-refractivity contribution in [3.8, 4) is 5.75 Å². The van der Waals surface area contributed by atoms with Gasteiger partial charge in [0.25, 0.3) is 5.91 Å². The number of hydrogen-bond acceptors (Lipinski definition) is 7. The lowest BCUT2D eigenvalue weighted by Crippen LogP contribution is -2.35. The van der Waals surface area contributed by atoms with Gasteiger partial charge in [0, 0.05) is 24.0 Å². The Labute approximate surface area is 178 Å². The second-order valence-corrected chi connectivity index (χ2v) is 9.79. The number of anilines is 1. The van der Waals surface area contributed by atoms with Crippen molar-refractivity contribution in [2.24, 2.45) is 0 Å². The molecule has 2 aromatic heterocycles. The third-order valence-electron chi connectivity index (χ3n) is 4.75. The zero-order valence-electron chi connectivity index (χ0n) is 16.5. The highest BCUT2D eigenvalue weighted by molar-refractivity contribution is 7.89. The molecule has 3 heterocycles. The molecule has 30 heavy (non-hydrogen) atoms. The lowest BCUT2D eigenvalue weighted by atomic mass is 10.2. The molecule has 0 atom stereocenters. The van der Waals surface area contributed by atoms with Crippen LogP contribution in [0.3, 0.4) is 0 Å². The minimum Gasteiger partial charge on any atom is -0.495 e. The van der Waals surface area contributed by atoms with Gasteiger partial charge in [-0.05, 0) is 36.8 Å². The average Bonchev–Trinajstić information content (AvgIpc) is 3.15. The maximum absolute atomic E-state index is 13.3. The van der Waals surface area contributed by atoms with E-state index < -0.39 is 10.0 Å². The molecule has 8 nitrogen and oxygen atoms in total. The summed E-state index contributed by atoms with van der Waals surface area (Å²) in [7, 11) is -2.28. The highest BCUT2D eigenvalue weighted by Gasteiger charge is 2.32. The molecule has 0 saturated carbocycles. The Morgan fingerprint density at radius 3 is 2.83 bits per heavy atom. The van der Waals surface area contributed by atoms with E-state index in [9.17, 15) is 13.2 Å². The number of benzene rings is 1. The molecule has 1 N–H and O–H groups in total. The molecule has 4 rings (SSSR count). The molecule has 156 valence electrons. The van der Waals surface area contributed by atoms with Crippen LogP contribution in [0.15, 0.2) is 47.5 Å². The van der Waals surface area contributed by atoms with Crippen LogP contribution in [0.1, 0.15) is 26.6 Å². The summed E-state index contributed by atoms with van der Waals surface area (Å²) in [6.45, 7) is 2.35. The van der Waals surface area contributed by atoms with Gasteiger partial charge in [-0.1, -0.05) is 12.1 Å². The summed E-state index contributed by atoms with van der Waals surface area (Å²) in [5, 5.41) is 3.18. The number of amides is 1. The quantitative estimate of drug-likeness (QED) is 0.649. The third kappa shape index (κ3) is 3.93.